The average molecular weight is 361 g/mol. The third kappa shape index (κ3) is 7.04. The normalized spacial score (nSPS) is 16.0. The van der Waals surface area contributed by atoms with E-state index >= 15 is 0 Å². The highest BCUT2D eigenvalue weighted by Crippen LogP contribution is 2.19. The summed E-state index contributed by atoms with van der Waals surface area (Å²) in [5.41, 5.74) is 1.69. The predicted molar refractivity (Wildman–Crippen MR) is 105 cm³/mol. The van der Waals surface area contributed by atoms with Crippen LogP contribution in [0.4, 0.5) is 0 Å². The number of benzene rings is 1. The fourth-order valence-electron chi connectivity index (χ4n) is 3.18. The topological polar surface area (TPSA) is 74.8 Å². The van der Waals surface area contributed by atoms with E-state index in [0.717, 1.165) is 18.1 Å². The fourth-order valence-corrected chi connectivity index (χ4v) is 3.18. The lowest BCUT2D eigenvalue weighted by atomic mass is 10.1. The first-order valence-corrected chi connectivity index (χ1v) is 9.60. The summed E-state index contributed by atoms with van der Waals surface area (Å²) >= 11 is 0. The van der Waals surface area contributed by atoms with Gasteiger partial charge in [-0.1, -0.05) is 37.8 Å². The molecule has 1 fully saturated rings. The number of hydrogen-bond donors (Lipinski definition) is 3. The number of guanidine groups is 1. The van der Waals surface area contributed by atoms with Crippen molar-refractivity contribution in [1.29, 1.82) is 0 Å². The van der Waals surface area contributed by atoms with Gasteiger partial charge >= 0.3 is 0 Å². The summed E-state index contributed by atoms with van der Waals surface area (Å²) in [5, 5.41) is 9.19. The first-order valence-electron chi connectivity index (χ1n) is 9.60. The Kier molecular flexibility index (Phi) is 8.96. The predicted octanol–water partition coefficient (Wildman–Crippen LogP) is 2.45. The molecule has 0 bridgehead atoms. The summed E-state index contributed by atoms with van der Waals surface area (Å²) in [6, 6.07) is 7.56. The molecule has 1 aromatic carbocycles. The van der Waals surface area contributed by atoms with Crippen molar-refractivity contribution in [3.8, 4) is 0 Å². The summed E-state index contributed by atoms with van der Waals surface area (Å²) in [4.78, 5) is 15.9. The fraction of sp³-hybridized carbons (Fsp3) is 0.600. The number of carbonyl (C=O) groups excluding carboxylic acids is 1. The minimum absolute atomic E-state index is 0.0787. The molecule has 2 rings (SSSR count). The van der Waals surface area contributed by atoms with Crippen LogP contribution >= 0.6 is 0 Å². The maximum Gasteiger partial charge on any atom is 0.251 e. The maximum atomic E-state index is 11.7. The van der Waals surface area contributed by atoms with Crippen molar-refractivity contribution in [2.45, 2.75) is 51.2 Å². The van der Waals surface area contributed by atoms with Crippen molar-refractivity contribution in [2.24, 2.45) is 4.99 Å². The van der Waals surface area contributed by atoms with Crippen LogP contribution < -0.4 is 16.0 Å². The van der Waals surface area contributed by atoms with Gasteiger partial charge in [0.25, 0.3) is 5.91 Å². The molecule has 0 atom stereocenters. The van der Waals surface area contributed by atoms with Gasteiger partial charge in [-0.05, 0) is 30.5 Å². The molecule has 144 valence electrons. The van der Waals surface area contributed by atoms with Crippen LogP contribution in [-0.4, -0.2) is 45.2 Å². The highest BCUT2D eigenvalue weighted by molar-refractivity contribution is 5.94. The minimum atomic E-state index is -0.0787. The van der Waals surface area contributed by atoms with Gasteiger partial charge in [-0.2, -0.15) is 0 Å². The van der Waals surface area contributed by atoms with Crippen molar-refractivity contribution in [2.75, 3.05) is 27.2 Å². The quantitative estimate of drug-likeness (QED) is 0.302. The zero-order valence-corrected chi connectivity index (χ0v) is 16.0. The van der Waals surface area contributed by atoms with Gasteiger partial charge in [-0.25, -0.2) is 0 Å². The van der Waals surface area contributed by atoms with Gasteiger partial charge in [0.15, 0.2) is 5.96 Å². The van der Waals surface area contributed by atoms with Crippen molar-refractivity contribution >= 4 is 11.9 Å². The molecule has 0 unspecified atom stereocenters. The Balaban J connectivity index is 1.70. The van der Waals surface area contributed by atoms with E-state index in [9.17, 15) is 4.79 Å². The third-order valence-electron chi connectivity index (χ3n) is 4.65. The van der Waals surface area contributed by atoms with Gasteiger partial charge in [-0.15, -0.1) is 0 Å². The molecular weight excluding hydrogens is 328 g/mol. The van der Waals surface area contributed by atoms with E-state index in [1.54, 1.807) is 20.2 Å². The van der Waals surface area contributed by atoms with Gasteiger partial charge in [-0.3, -0.25) is 9.79 Å². The number of nitrogens with one attached hydrogen (secondary N) is 3. The van der Waals surface area contributed by atoms with Gasteiger partial charge in [0.1, 0.15) is 0 Å². The molecule has 26 heavy (non-hydrogen) atoms. The van der Waals surface area contributed by atoms with Crippen LogP contribution in [0.1, 0.15) is 54.4 Å². The van der Waals surface area contributed by atoms with E-state index in [-0.39, 0.29) is 5.91 Å². The van der Waals surface area contributed by atoms with Crippen LogP contribution in [-0.2, 0) is 11.3 Å². The molecule has 0 spiro atoms. The average Bonchev–Trinajstić information content (AvgIpc) is 2.96. The molecule has 0 aromatic heterocycles. The van der Waals surface area contributed by atoms with Crippen LogP contribution in [0.5, 0.6) is 0 Å². The Hall–Kier alpha value is -2.08. The maximum absolute atomic E-state index is 11.7. The molecule has 6 nitrogen and oxygen atoms in total. The second-order valence-electron chi connectivity index (χ2n) is 6.62. The SMILES string of the molecule is CN=C(NCCOC1CCCCCC1)NCc1cccc(C(=O)NC)c1. The molecule has 0 aliphatic heterocycles. The Labute approximate surface area is 156 Å². The van der Waals surface area contributed by atoms with Crippen LogP contribution in [0.2, 0.25) is 0 Å². The van der Waals surface area contributed by atoms with Gasteiger partial charge in [0, 0.05) is 32.7 Å². The van der Waals surface area contributed by atoms with Crippen molar-refractivity contribution in [3.05, 3.63) is 35.4 Å². The number of rotatable bonds is 7. The van der Waals surface area contributed by atoms with Crippen molar-refractivity contribution in [1.82, 2.24) is 16.0 Å². The Morgan fingerprint density at radius 3 is 2.65 bits per heavy atom. The number of hydrogen-bond acceptors (Lipinski definition) is 3. The standard InChI is InChI=1S/C20H32N4O2/c1-21-19(25)17-9-7-8-16(14-17)15-24-20(22-2)23-12-13-26-18-10-5-3-4-6-11-18/h7-9,14,18H,3-6,10-13,15H2,1-2H3,(H,21,25)(H2,22,23,24). The lowest BCUT2D eigenvalue weighted by molar-refractivity contribution is 0.0468. The third-order valence-corrected chi connectivity index (χ3v) is 4.65. The molecule has 6 heteroatoms. The molecule has 1 amide bonds. The monoisotopic (exact) mass is 360 g/mol. The molecule has 0 saturated heterocycles. The smallest absolute Gasteiger partial charge is 0.251 e. The number of ether oxygens (including phenoxy) is 1. The van der Waals surface area contributed by atoms with Crippen molar-refractivity contribution in [3.63, 3.8) is 0 Å². The highest BCUT2D eigenvalue weighted by Gasteiger charge is 2.12. The summed E-state index contributed by atoms with van der Waals surface area (Å²) in [5.74, 6) is 0.657. The summed E-state index contributed by atoms with van der Waals surface area (Å²) in [6.45, 7) is 2.03. The van der Waals surface area contributed by atoms with E-state index in [1.165, 1.54) is 38.5 Å². The second kappa shape index (κ2) is 11.5. The zero-order chi connectivity index (χ0) is 18.6. The largest absolute Gasteiger partial charge is 0.376 e. The summed E-state index contributed by atoms with van der Waals surface area (Å²) in [7, 11) is 3.39. The van der Waals surface area contributed by atoms with Gasteiger partial charge in [0.2, 0.25) is 0 Å². The van der Waals surface area contributed by atoms with Crippen molar-refractivity contribution < 1.29 is 9.53 Å². The highest BCUT2D eigenvalue weighted by atomic mass is 16.5. The molecular formula is C20H32N4O2. The number of carbonyl (C=O) groups is 1. The van der Waals surface area contributed by atoms with E-state index in [1.807, 2.05) is 18.2 Å². The first kappa shape index (κ1) is 20.2. The molecule has 1 aliphatic carbocycles. The molecule has 0 heterocycles. The van der Waals surface area contributed by atoms with E-state index in [2.05, 4.69) is 20.9 Å². The van der Waals surface area contributed by atoms with Gasteiger partial charge < -0.3 is 20.7 Å². The lowest BCUT2D eigenvalue weighted by Gasteiger charge is -2.17. The Morgan fingerprint density at radius 2 is 1.96 bits per heavy atom. The van der Waals surface area contributed by atoms with Crippen LogP contribution in [0.15, 0.2) is 29.3 Å². The number of amides is 1. The minimum Gasteiger partial charge on any atom is -0.376 e. The van der Waals surface area contributed by atoms with Crippen LogP contribution in [0.3, 0.4) is 0 Å². The van der Waals surface area contributed by atoms with Crippen LogP contribution in [0.25, 0.3) is 0 Å². The van der Waals surface area contributed by atoms with E-state index < -0.39 is 0 Å². The van der Waals surface area contributed by atoms with E-state index in [0.29, 0.717) is 24.8 Å². The van der Waals surface area contributed by atoms with Crippen LogP contribution in [0, 0.1) is 0 Å². The molecule has 1 saturated carbocycles. The lowest BCUT2D eigenvalue weighted by Crippen LogP contribution is -2.39. The summed E-state index contributed by atoms with van der Waals surface area (Å²) < 4.78 is 5.99. The summed E-state index contributed by atoms with van der Waals surface area (Å²) in [6.07, 6.45) is 8.06. The molecule has 0 radical (unpaired) electrons. The molecule has 1 aromatic rings. The second-order valence-corrected chi connectivity index (χ2v) is 6.62. The Morgan fingerprint density at radius 1 is 1.19 bits per heavy atom. The van der Waals surface area contributed by atoms with Gasteiger partial charge in [0.05, 0.1) is 12.7 Å². The molecule has 1 aliphatic rings. The first-order chi connectivity index (χ1) is 12.7. The molecule has 3 N–H and O–H groups in total. The Bertz CT molecular complexity index is 581. The zero-order valence-electron chi connectivity index (χ0n) is 16.0. The number of aliphatic imine (C=N–C) groups is 1. The number of nitrogens with zero attached hydrogens (tertiary/aromatic N) is 1. The van der Waals surface area contributed by atoms with E-state index in [4.69, 9.17) is 4.74 Å².